The predicted molar refractivity (Wildman–Crippen MR) is 62.0 cm³/mol. The standard InChI is InChI=1S/C10H10BrFN4/c1-16-8(5-13)14-15-10(16)6-3-2-4-7(12)9(6)11/h2-4H,5,13H2,1H3. The van der Waals surface area contributed by atoms with Crippen LogP contribution in [-0.2, 0) is 13.6 Å². The molecule has 0 fully saturated rings. The Kier molecular flexibility index (Phi) is 3.02. The molecule has 2 rings (SSSR count). The van der Waals surface area contributed by atoms with Crippen molar-refractivity contribution in [1.82, 2.24) is 14.8 Å². The van der Waals surface area contributed by atoms with E-state index >= 15 is 0 Å². The van der Waals surface area contributed by atoms with Crippen molar-refractivity contribution < 1.29 is 4.39 Å². The second-order valence-corrected chi connectivity index (χ2v) is 4.10. The number of hydrogen-bond donors (Lipinski definition) is 1. The molecule has 84 valence electrons. The summed E-state index contributed by atoms with van der Waals surface area (Å²) in [5, 5.41) is 7.92. The van der Waals surface area contributed by atoms with Gasteiger partial charge in [0.25, 0.3) is 0 Å². The lowest BCUT2D eigenvalue weighted by Gasteiger charge is -2.05. The molecule has 0 spiro atoms. The van der Waals surface area contributed by atoms with Crippen molar-refractivity contribution in [1.29, 1.82) is 0 Å². The van der Waals surface area contributed by atoms with Crippen LogP contribution in [0.25, 0.3) is 11.4 Å². The molecular formula is C10H10BrFN4. The lowest BCUT2D eigenvalue weighted by atomic mass is 10.2. The van der Waals surface area contributed by atoms with E-state index in [2.05, 4.69) is 26.1 Å². The number of hydrogen-bond acceptors (Lipinski definition) is 3. The van der Waals surface area contributed by atoms with Crippen LogP contribution < -0.4 is 5.73 Å². The van der Waals surface area contributed by atoms with Gasteiger partial charge in [0.1, 0.15) is 11.6 Å². The Bertz CT molecular complexity index is 524. The Morgan fingerprint density at radius 2 is 2.19 bits per heavy atom. The van der Waals surface area contributed by atoms with Gasteiger partial charge in [0.15, 0.2) is 5.82 Å². The summed E-state index contributed by atoms with van der Waals surface area (Å²) in [5.41, 5.74) is 6.16. The van der Waals surface area contributed by atoms with Crippen molar-refractivity contribution in [3.63, 3.8) is 0 Å². The van der Waals surface area contributed by atoms with Crippen molar-refractivity contribution in [2.75, 3.05) is 0 Å². The molecule has 0 bridgehead atoms. The van der Waals surface area contributed by atoms with Crippen LogP contribution in [-0.4, -0.2) is 14.8 Å². The summed E-state index contributed by atoms with van der Waals surface area (Å²) < 4.78 is 15.5. The van der Waals surface area contributed by atoms with Gasteiger partial charge in [0.05, 0.1) is 11.0 Å². The third-order valence-corrected chi connectivity index (χ3v) is 3.15. The van der Waals surface area contributed by atoms with E-state index in [9.17, 15) is 4.39 Å². The number of benzene rings is 1. The zero-order valence-corrected chi connectivity index (χ0v) is 10.2. The summed E-state index contributed by atoms with van der Waals surface area (Å²) in [6, 6.07) is 4.79. The molecule has 0 saturated carbocycles. The van der Waals surface area contributed by atoms with Crippen LogP contribution in [0.3, 0.4) is 0 Å². The second kappa shape index (κ2) is 4.31. The molecule has 1 aromatic carbocycles. The van der Waals surface area contributed by atoms with Gasteiger partial charge in [-0.05, 0) is 28.1 Å². The molecule has 0 aliphatic rings. The van der Waals surface area contributed by atoms with Crippen molar-refractivity contribution in [2.24, 2.45) is 12.8 Å². The first-order chi connectivity index (χ1) is 7.65. The molecule has 0 aliphatic heterocycles. The first-order valence-corrected chi connectivity index (χ1v) is 5.47. The van der Waals surface area contributed by atoms with Gasteiger partial charge in [-0.2, -0.15) is 0 Å². The Hall–Kier alpha value is -1.27. The first-order valence-electron chi connectivity index (χ1n) is 4.68. The number of nitrogens with two attached hydrogens (primary N) is 1. The third kappa shape index (κ3) is 1.74. The van der Waals surface area contributed by atoms with Crippen LogP contribution in [0.5, 0.6) is 0 Å². The van der Waals surface area contributed by atoms with Gasteiger partial charge in [-0.1, -0.05) is 6.07 Å². The van der Waals surface area contributed by atoms with Crippen molar-refractivity contribution in [3.8, 4) is 11.4 Å². The first kappa shape index (κ1) is 11.2. The molecule has 2 aromatic rings. The van der Waals surface area contributed by atoms with Crippen LogP contribution in [0.2, 0.25) is 0 Å². The maximum Gasteiger partial charge on any atom is 0.164 e. The Morgan fingerprint density at radius 3 is 2.81 bits per heavy atom. The zero-order chi connectivity index (χ0) is 11.7. The van der Waals surface area contributed by atoms with Crippen LogP contribution in [0, 0.1) is 5.82 Å². The minimum Gasteiger partial charge on any atom is -0.324 e. The highest BCUT2D eigenvalue weighted by Crippen LogP contribution is 2.28. The maximum atomic E-state index is 13.4. The van der Waals surface area contributed by atoms with E-state index in [-0.39, 0.29) is 5.82 Å². The van der Waals surface area contributed by atoms with Gasteiger partial charge >= 0.3 is 0 Å². The predicted octanol–water partition coefficient (Wildman–Crippen LogP) is 1.84. The highest BCUT2D eigenvalue weighted by molar-refractivity contribution is 9.10. The van der Waals surface area contributed by atoms with Gasteiger partial charge in [0.2, 0.25) is 0 Å². The van der Waals surface area contributed by atoms with Gasteiger partial charge in [-0.15, -0.1) is 10.2 Å². The highest BCUT2D eigenvalue weighted by atomic mass is 79.9. The van der Waals surface area contributed by atoms with Crippen LogP contribution in [0.15, 0.2) is 22.7 Å². The molecule has 2 N–H and O–H groups in total. The zero-order valence-electron chi connectivity index (χ0n) is 8.61. The fraction of sp³-hybridized carbons (Fsp3) is 0.200. The van der Waals surface area contributed by atoms with E-state index in [1.807, 2.05) is 0 Å². The quantitative estimate of drug-likeness (QED) is 0.916. The molecule has 0 amide bonds. The molecule has 16 heavy (non-hydrogen) atoms. The lowest BCUT2D eigenvalue weighted by molar-refractivity contribution is 0.621. The van der Waals surface area contributed by atoms with E-state index in [4.69, 9.17) is 5.73 Å². The number of halogens is 2. The van der Waals surface area contributed by atoms with E-state index in [0.717, 1.165) is 0 Å². The summed E-state index contributed by atoms with van der Waals surface area (Å²) in [6.45, 7) is 0.302. The minimum absolute atomic E-state index is 0.302. The molecule has 0 unspecified atom stereocenters. The maximum absolute atomic E-state index is 13.4. The van der Waals surface area contributed by atoms with E-state index < -0.39 is 0 Å². The number of aromatic nitrogens is 3. The second-order valence-electron chi connectivity index (χ2n) is 3.30. The normalized spacial score (nSPS) is 10.8. The molecule has 6 heteroatoms. The Morgan fingerprint density at radius 1 is 1.44 bits per heavy atom. The monoisotopic (exact) mass is 284 g/mol. The SMILES string of the molecule is Cn1c(CN)nnc1-c1cccc(F)c1Br. The topological polar surface area (TPSA) is 56.7 Å². The fourth-order valence-corrected chi connectivity index (χ4v) is 1.89. The molecule has 0 saturated heterocycles. The van der Waals surface area contributed by atoms with Crippen LogP contribution in [0.1, 0.15) is 5.82 Å². The molecule has 1 heterocycles. The fourth-order valence-electron chi connectivity index (χ4n) is 1.45. The molecule has 0 atom stereocenters. The summed E-state index contributed by atoms with van der Waals surface area (Å²) in [5.74, 6) is 0.924. The van der Waals surface area contributed by atoms with Crippen molar-refractivity contribution in [2.45, 2.75) is 6.54 Å². The molecule has 1 aromatic heterocycles. The van der Waals surface area contributed by atoms with E-state index in [0.29, 0.717) is 28.2 Å². The lowest BCUT2D eigenvalue weighted by Crippen LogP contribution is -2.05. The van der Waals surface area contributed by atoms with Crippen LogP contribution >= 0.6 is 15.9 Å². The third-order valence-electron chi connectivity index (χ3n) is 2.34. The summed E-state index contributed by atoms with van der Waals surface area (Å²) >= 11 is 3.19. The summed E-state index contributed by atoms with van der Waals surface area (Å²) in [6.07, 6.45) is 0. The number of rotatable bonds is 2. The Balaban J connectivity index is 2.59. The minimum atomic E-state index is -0.324. The number of nitrogens with zero attached hydrogens (tertiary/aromatic N) is 3. The molecule has 0 radical (unpaired) electrons. The van der Waals surface area contributed by atoms with Gasteiger partial charge in [-0.3, -0.25) is 0 Å². The van der Waals surface area contributed by atoms with E-state index in [1.54, 1.807) is 23.7 Å². The van der Waals surface area contributed by atoms with Gasteiger partial charge in [-0.25, -0.2) is 4.39 Å². The Labute approximate surface area is 100 Å². The summed E-state index contributed by atoms with van der Waals surface area (Å²) in [7, 11) is 1.80. The van der Waals surface area contributed by atoms with Crippen molar-refractivity contribution in [3.05, 3.63) is 34.3 Å². The average molecular weight is 285 g/mol. The van der Waals surface area contributed by atoms with Crippen molar-refractivity contribution >= 4 is 15.9 Å². The molecular weight excluding hydrogens is 275 g/mol. The largest absolute Gasteiger partial charge is 0.324 e. The van der Waals surface area contributed by atoms with Crippen LogP contribution in [0.4, 0.5) is 4.39 Å². The molecule has 4 nitrogen and oxygen atoms in total. The average Bonchev–Trinajstić information content (AvgIpc) is 2.64. The smallest absolute Gasteiger partial charge is 0.164 e. The summed E-state index contributed by atoms with van der Waals surface area (Å²) in [4.78, 5) is 0. The highest BCUT2D eigenvalue weighted by Gasteiger charge is 2.14. The van der Waals surface area contributed by atoms with E-state index in [1.165, 1.54) is 6.07 Å². The van der Waals surface area contributed by atoms with Gasteiger partial charge in [0, 0.05) is 12.6 Å². The van der Waals surface area contributed by atoms with Gasteiger partial charge < -0.3 is 10.3 Å². The molecule has 0 aliphatic carbocycles.